The van der Waals surface area contributed by atoms with Crippen LogP contribution in [0.1, 0.15) is 36.1 Å². The summed E-state index contributed by atoms with van der Waals surface area (Å²) < 4.78 is 81.2. The third kappa shape index (κ3) is 9.32. The monoisotopic (exact) mass is 787 g/mol. The van der Waals surface area contributed by atoms with Gasteiger partial charge in [0.25, 0.3) is 5.88 Å². The molecule has 3 aromatic heterocycles. The van der Waals surface area contributed by atoms with Crippen molar-refractivity contribution < 1.29 is 40.9 Å². The average molecular weight is 788 g/mol. The van der Waals surface area contributed by atoms with E-state index in [4.69, 9.17) is 14.2 Å². The van der Waals surface area contributed by atoms with Crippen LogP contribution in [0.3, 0.4) is 0 Å². The van der Waals surface area contributed by atoms with Crippen molar-refractivity contribution in [1.82, 2.24) is 29.8 Å². The Bertz CT molecular complexity index is 1950. The summed E-state index contributed by atoms with van der Waals surface area (Å²) >= 11 is 0.955. The van der Waals surface area contributed by atoms with Crippen LogP contribution in [-0.4, -0.2) is 109 Å². The third-order valence-corrected chi connectivity index (χ3v) is 11.6. The van der Waals surface area contributed by atoms with Crippen molar-refractivity contribution in [2.75, 3.05) is 45.5 Å². The molecule has 6 rings (SSSR count). The van der Waals surface area contributed by atoms with Gasteiger partial charge in [0.05, 0.1) is 50.1 Å². The molecule has 52 heavy (non-hydrogen) atoms. The minimum absolute atomic E-state index is 0. The standard InChI is InChI=1S/C33H40F3N7O6S2.ClH/c1-42(29-24-15-23(17-33(34,35)36)50-31(24)39-32(38-29)48-3)26-13-21(14-27(26)44)37-18-19-5-7-20(8-6-19)25-16-28(47-2)30(41-40-25)49-22-9-11-43(12-10-22)51(4,45)46;/h5-8,15-16,21-22,26-27,37,44H,9-14,17-18H2,1-4H3;1H/t21-,26+,27-;/m1./s1. The van der Waals surface area contributed by atoms with E-state index in [0.29, 0.717) is 72.8 Å². The van der Waals surface area contributed by atoms with Crippen LogP contribution in [0.4, 0.5) is 19.0 Å². The summed E-state index contributed by atoms with van der Waals surface area (Å²) in [5.74, 6) is 1.10. The number of fused-ring (bicyclic) bond motifs is 1. The van der Waals surface area contributed by atoms with Crippen LogP contribution in [0.2, 0.25) is 0 Å². The van der Waals surface area contributed by atoms with Crippen LogP contribution >= 0.6 is 23.7 Å². The Morgan fingerprint density at radius 3 is 2.40 bits per heavy atom. The summed E-state index contributed by atoms with van der Waals surface area (Å²) in [4.78, 5) is 11.0. The number of hydrogen-bond donors (Lipinski definition) is 2. The summed E-state index contributed by atoms with van der Waals surface area (Å²) in [6, 6.07) is 10.7. The van der Waals surface area contributed by atoms with E-state index >= 15 is 0 Å². The van der Waals surface area contributed by atoms with Crippen LogP contribution in [0.25, 0.3) is 21.5 Å². The first-order valence-electron chi connectivity index (χ1n) is 16.4. The van der Waals surface area contributed by atoms with Gasteiger partial charge in [-0.2, -0.15) is 23.1 Å². The van der Waals surface area contributed by atoms with E-state index in [2.05, 4.69) is 25.5 Å². The highest BCUT2D eigenvalue weighted by Crippen LogP contribution is 2.38. The van der Waals surface area contributed by atoms with Gasteiger partial charge in [0.15, 0.2) is 5.75 Å². The van der Waals surface area contributed by atoms with Crippen molar-refractivity contribution in [3.63, 3.8) is 0 Å². The van der Waals surface area contributed by atoms with Crippen LogP contribution in [0, 0.1) is 0 Å². The molecule has 0 amide bonds. The molecule has 2 aliphatic rings. The maximum atomic E-state index is 13.1. The van der Waals surface area contributed by atoms with E-state index in [9.17, 15) is 26.7 Å². The number of anilines is 1. The normalized spacial score (nSPS) is 20.1. The first kappa shape index (κ1) is 39.7. The van der Waals surface area contributed by atoms with Gasteiger partial charge in [0, 0.05) is 49.2 Å². The number of thiophene rings is 1. The van der Waals surface area contributed by atoms with Crippen molar-refractivity contribution in [2.45, 2.75) is 69.1 Å². The lowest BCUT2D eigenvalue weighted by molar-refractivity contribution is -0.126. The number of nitrogens with zero attached hydrogens (tertiary/aromatic N) is 6. The van der Waals surface area contributed by atoms with Gasteiger partial charge in [-0.25, -0.2) is 12.7 Å². The number of likely N-dealkylation sites (N-methyl/N-ethyl adjacent to an activating group) is 1. The predicted octanol–water partition coefficient (Wildman–Crippen LogP) is 4.61. The van der Waals surface area contributed by atoms with Gasteiger partial charge in [-0.05, 0) is 37.3 Å². The number of nitrogens with one attached hydrogen (secondary N) is 1. The van der Waals surface area contributed by atoms with Crippen molar-refractivity contribution in [1.29, 1.82) is 0 Å². The zero-order valence-corrected chi connectivity index (χ0v) is 31.4. The molecule has 4 aromatic rings. The Hall–Kier alpha value is -3.55. The van der Waals surface area contributed by atoms with Crippen molar-refractivity contribution in [2.24, 2.45) is 0 Å². The molecule has 0 spiro atoms. The summed E-state index contributed by atoms with van der Waals surface area (Å²) in [5, 5.41) is 23.7. The van der Waals surface area contributed by atoms with Gasteiger partial charge in [-0.3, -0.25) is 0 Å². The zero-order chi connectivity index (χ0) is 36.5. The number of alkyl halides is 3. The summed E-state index contributed by atoms with van der Waals surface area (Å²) in [6.45, 7) is 1.31. The second kappa shape index (κ2) is 16.2. The number of piperidine rings is 1. The molecule has 1 saturated carbocycles. The minimum Gasteiger partial charge on any atom is -0.491 e. The van der Waals surface area contributed by atoms with Crippen LogP contribution in [-0.2, 0) is 23.0 Å². The number of halogens is 4. The highest BCUT2D eigenvalue weighted by Gasteiger charge is 2.37. The van der Waals surface area contributed by atoms with E-state index in [1.54, 1.807) is 13.1 Å². The quantitative estimate of drug-likeness (QED) is 0.206. The molecule has 0 radical (unpaired) electrons. The highest BCUT2D eigenvalue weighted by molar-refractivity contribution is 7.88. The number of ether oxygens (including phenoxy) is 3. The van der Waals surface area contributed by atoms with Crippen LogP contribution < -0.4 is 24.4 Å². The fraction of sp³-hybridized carbons (Fsp3) is 0.515. The number of rotatable bonds is 12. The number of sulfonamides is 1. The predicted molar refractivity (Wildman–Crippen MR) is 193 cm³/mol. The molecule has 0 bridgehead atoms. The maximum Gasteiger partial charge on any atom is 0.393 e. The van der Waals surface area contributed by atoms with Gasteiger partial charge >= 0.3 is 12.2 Å². The number of benzene rings is 1. The number of hydrogen-bond acceptors (Lipinski definition) is 13. The smallest absolute Gasteiger partial charge is 0.393 e. The largest absolute Gasteiger partial charge is 0.491 e. The molecular formula is C33H41ClF3N7O6S2. The maximum absolute atomic E-state index is 13.1. The molecule has 2 N–H and O–H groups in total. The van der Waals surface area contributed by atoms with E-state index in [-0.39, 0.29) is 47.4 Å². The Morgan fingerprint density at radius 2 is 1.77 bits per heavy atom. The molecule has 1 saturated heterocycles. The summed E-state index contributed by atoms with van der Waals surface area (Å²) in [5.41, 5.74) is 2.44. The van der Waals surface area contributed by atoms with E-state index in [1.165, 1.54) is 30.8 Å². The third-order valence-electron chi connectivity index (χ3n) is 9.23. The Morgan fingerprint density at radius 1 is 1.06 bits per heavy atom. The van der Waals surface area contributed by atoms with Crippen molar-refractivity contribution in [3.05, 3.63) is 46.8 Å². The average Bonchev–Trinajstić information content (AvgIpc) is 3.67. The lowest BCUT2D eigenvalue weighted by Crippen LogP contribution is -2.41. The number of aromatic nitrogens is 4. The fourth-order valence-electron chi connectivity index (χ4n) is 6.54. The molecule has 2 fully saturated rings. The van der Waals surface area contributed by atoms with Crippen LogP contribution in [0.5, 0.6) is 17.6 Å². The van der Waals surface area contributed by atoms with Gasteiger partial charge in [-0.1, -0.05) is 24.3 Å². The molecule has 4 heterocycles. The lowest BCUT2D eigenvalue weighted by Gasteiger charge is -2.30. The molecule has 1 aromatic carbocycles. The molecule has 19 heteroatoms. The second-order valence-corrected chi connectivity index (χ2v) is 15.9. The molecular weight excluding hydrogens is 747 g/mol. The van der Waals surface area contributed by atoms with Gasteiger partial charge in [0.1, 0.15) is 16.8 Å². The lowest BCUT2D eigenvalue weighted by atomic mass is 10.1. The first-order chi connectivity index (χ1) is 24.2. The summed E-state index contributed by atoms with van der Waals surface area (Å²) in [6.07, 6.45) is -2.94. The molecule has 3 atom stereocenters. The molecule has 1 aliphatic heterocycles. The minimum atomic E-state index is -4.35. The molecule has 1 aliphatic carbocycles. The Kier molecular flexibility index (Phi) is 12.4. The van der Waals surface area contributed by atoms with Crippen molar-refractivity contribution in [3.8, 4) is 28.9 Å². The first-order valence-corrected chi connectivity index (χ1v) is 19.1. The topological polar surface area (TPSA) is 152 Å². The molecule has 0 unspecified atom stereocenters. The number of methoxy groups -OCH3 is 2. The fourth-order valence-corrected chi connectivity index (χ4v) is 8.46. The molecule has 284 valence electrons. The van der Waals surface area contributed by atoms with E-state index in [1.807, 2.05) is 29.2 Å². The summed E-state index contributed by atoms with van der Waals surface area (Å²) in [7, 11) is 1.47. The molecule has 13 nitrogen and oxygen atoms in total. The van der Waals surface area contributed by atoms with Gasteiger partial charge in [0.2, 0.25) is 10.0 Å². The highest BCUT2D eigenvalue weighted by atomic mass is 35.5. The number of aliphatic hydroxyl groups is 1. The van der Waals surface area contributed by atoms with Crippen LogP contribution in [0.15, 0.2) is 36.4 Å². The SMILES string of the molecule is COc1nc(N(C)[C@H]2C[C@@H](NCc3ccc(-c4cc(OC)c(OC5CCN(S(C)(=O)=O)CC5)nn4)cc3)C[C@H]2O)c2cc(CC(F)(F)F)sc2n1.Cl. The van der Waals surface area contributed by atoms with Crippen molar-refractivity contribution >= 4 is 49.8 Å². The van der Waals surface area contributed by atoms with E-state index in [0.717, 1.165) is 22.5 Å². The Labute approximate surface area is 310 Å². The number of aliphatic hydroxyl groups excluding tert-OH is 1. The zero-order valence-electron chi connectivity index (χ0n) is 29.0. The second-order valence-electron chi connectivity index (χ2n) is 12.8. The van der Waals surface area contributed by atoms with Gasteiger partial charge < -0.3 is 29.5 Å². The van der Waals surface area contributed by atoms with Gasteiger partial charge in [-0.15, -0.1) is 33.9 Å². The Balaban J connectivity index is 0.00000523. The van der Waals surface area contributed by atoms with E-state index < -0.39 is 28.7 Å².